The molecule has 1 amide bonds. The van der Waals surface area contributed by atoms with Gasteiger partial charge in [0.15, 0.2) is 0 Å². The minimum atomic E-state index is -3.43. The summed E-state index contributed by atoms with van der Waals surface area (Å²) in [4.78, 5) is 13.7. The van der Waals surface area contributed by atoms with Crippen molar-refractivity contribution in [3.63, 3.8) is 0 Å². The summed E-state index contributed by atoms with van der Waals surface area (Å²) in [5, 5.41) is 0. The highest BCUT2D eigenvalue weighted by molar-refractivity contribution is 7.85. The fourth-order valence-corrected chi connectivity index (χ4v) is 3.20. The van der Waals surface area contributed by atoms with Crippen LogP contribution in [0.3, 0.4) is 0 Å². The second-order valence-corrected chi connectivity index (χ2v) is 6.86. The van der Waals surface area contributed by atoms with Crippen LogP contribution in [0.15, 0.2) is 0 Å². The summed E-state index contributed by atoms with van der Waals surface area (Å²) in [7, 11) is -2.05. The average molecular weight is 307 g/mol. The molecule has 1 heterocycles. The van der Waals surface area contributed by atoms with Gasteiger partial charge in [0.25, 0.3) is 10.1 Å². The van der Waals surface area contributed by atoms with E-state index in [1.54, 1.807) is 4.90 Å². The van der Waals surface area contributed by atoms with Gasteiger partial charge in [0.2, 0.25) is 0 Å². The predicted molar refractivity (Wildman–Crippen MR) is 76.0 cm³/mol. The first-order valence-corrected chi connectivity index (χ1v) is 8.91. The Labute approximate surface area is 121 Å². The first-order chi connectivity index (χ1) is 9.39. The molecular formula is C13H25NO5S. The lowest BCUT2D eigenvalue weighted by atomic mass is 9.92. The van der Waals surface area contributed by atoms with Gasteiger partial charge in [0.05, 0.1) is 20.0 Å². The second-order valence-electron chi connectivity index (χ2n) is 5.22. The van der Waals surface area contributed by atoms with Gasteiger partial charge in [0, 0.05) is 12.1 Å². The van der Waals surface area contributed by atoms with Crippen LogP contribution in [-0.2, 0) is 19.0 Å². The van der Waals surface area contributed by atoms with E-state index in [4.69, 9.17) is 8.92 Å². The molecule has 0 aliphatic carbocycles. The van der Waals surface area contributed by atoms with Crippen molar-refractivity contribution >= 4 is 16.2 Å². The van der Waals surface area contributed by atoms with E-state index < -0.39 is 10.1 Å². The minimum absolute atomic E-state index is 0.00509. The molecule has 6 nitrogen and oxygen atoms in total. The SMILES string of the molecule is CCC[C@@H]1CCC[C@H](CCOS(C)(=O)=O)N1C(=O)OC. The van der Waals surface area contributed by atoms with Gasteiger partial charge < -0.3 is 9.64 Å². The molecule has 20 heavy (non-hydrogen) atoms. The van der Waals surface area contributed by atoms with Gasteiger partial charge in [-0.25, -0.2) is 4.79 Å². The lowest BCUT2D eigenvalue weighted by Crippen LogP contribution is -2.50. The molecule has 0 aromatic carbocycles. The first-order valence-electron chi connectivity index (χ1n) is 7.09. The summed E-state index contributed by atoms with van der Waals surface area (Å²) < 4.78 is 31.6. The van der Waals surface area contributed by atoms with Crippen LogP contribution in [-0.4, -0.2) is 51.5 Å². The maximum Gasteiger partial charge on any atom is 0.409 e. The molecule has 1 fully saturated rings. The van der Waals surface area contributed by atoms with Crippen LogP contribution in [0.2, 0.25) is 0 Å². The van der Waals surface area contributed by atoms with Crippen LogP contribution in [0.5, 0.6) is 0 Å². The largest absolute Gasteiger partial charge is 0.453 e. The highest BCUT2D eigenvalue weighted by Crippen LogP contribution is 2.28. The van der Waals surface area contributed by atoms with Gasteiger partial charge >= 0.3 is 6.09 Å². The molecular weight excluding hydrogens is 282 g/mol. The second kappa shape index (κ2) is 7.83. The lowest BCUT2D eigenvalue weighted by molar-refractivity contribution is 0.0480. The first kappa shape index (κ1) is 17.2. The zero-order valence-electron chi connectivity index (χ0n) is 12.5. The fourth-order valence-electron chi connectivity index (χ4n) is 2.80. The van der Waals surface area contributed by atoms with Crippen molar-refractivity contribution in [2.24, 2.45) is 0 Å². The van der Waals surface area contributed by atoms with Gasteiger partial charge in [-0.05, 0) is 32.1 Å². The summed E-state index contributed by atoms with van der Waals surface area (Å²) in [5.41, 5.74) is 0. The number of hydrogen-bond acceptors (Lipinski definition) is 5. The van der Waals surface area contributed by atoms with Crippen LogP contribution in [0, 0.1) is 0 Å². The molecule has 1 aliphatic rings. The Kier molecular flexibility index (Phi) is 6.75. The van der Waals surface area contributed by atoms with Crippen molar-refractivity contribution in [3.05, 3.63) is 0 Å². The van der Waals surface area contributed by atoms with Crippen LogP contribution in [0.4, 0.5) is 4.79 Å². The molecule has 0 N–H and O–H groups in total. The predicted octanol–water partition coefficient (Wildman–Crippen LogP) is 2.14. The third-order valence-corrected chi connectivity index (χ3v) is 4.21. The molecule has 0 saturated carbocycles. The molecule has 0 aromatic heterocycles. The topological polar surface area (TPSA) is 72.9 Å². The van der Waals surface area contributed by atoms with Crippen molar-refractivity contribution in [1.82, 2.24) is 4.90 Å². The van der Waals surface area contributed by atoms with Crippen LogP contribution < -0.4 is 0 Å². The van der Waals surface area contributed by atoms with Crippen molar-refractivity contribution in [2.45, 2.75) is 57.5 Å². The van der Waals surface area contributed by atoms with Crippen LogP contribution >= 0.6 is 0 Å². The van der Waals surface area contributed by atoms with E-state index in [-0.39, 0.29) is 24.8 Å². The normalized spacial score (nSPS) is 23.6. The molecule has 0 unspecified atom stereocenters. The van der Waals surface area contributed by atoms with Gasteiger partial charge in [0.1, 0.15) is 0 Å². The fraction of sp³-hybridized carbons (Fsp3) is 0.923. The number of carbonyl (C=O) groups excluding carboxylic acids is 1. The third kappa shape index (κ3) is 5.28. The van der Waals surface area contributed by atoms with Crippen molar-refractivity contribution in [3.8, 4) is 0 Å². The Morgan fingerprint density at radius 2 is 1.85 bits per heavy atom. The molecule has 1 aliphatic heterocycles. The third-order valence-electron chi connectivity index (χ3n) is 3.62. The van der Waals surface area contributed by atoms with Gasteiger partial charge in [-0.2, -0.15) is 8.42 Å². The zero-order valence-corrected chi connectivity index (χ0v) is 13.3. The number of amides is 1. The number of hydrogen-bond donors (Lipinski definition) is 0. The van der Waals surface area contributed by atoms with E-state index in [0.717, 1.165) is 38.4 Å². The summed E-state index contributed by atoms with van der Waals surface area (Å²) in [6.45, 7) is 2.20. The summed E-state index contributed by atoms with van der Waals surface area (Å²) >= 11 is 0. The molecule has 0 spiro atoms. The van der Waals surface area contributed by atoms with Crippen LogP contribution in [0.25, 0.3) is 0 Å². The molecule has 1 saturated heterocycles. The van der Waals surface area contributed by atoms with Gasteiger partial charge in [-0.3, -0.25) is 4.18 Å². The molecule has 7 heteroatoms. The monoisotopic (exact) mass is 307 g/mol. The van der Waals surface area contributed by atoms with E-state index in [2.05, 4.69) is 6.92 Å². The maximum atomic E-state index is 12.0. The quantitative estimate of drug-likeness (QED) is 0.703. The smallest absolute Gasteiger partial charge is 0.409 e. The average Bonchev–Trinajstić information content (AvgIpc) is 2.37. The van der Waals surface area contributed by atoms with Gasteiger partial charge in [-0.15, -0.1) is 0 Å². The number of piperidine rings is 1. The molecule has 0 bridgehead atoms. The van der Waals surface area contributed by atoms with Crippen molar-refractivity contribution < 1.29 is 22.1 Å². The standard InChI is InChI=1S/C13H25NO5S/c1-4-6-11-7-5-8-12(14(11)13(15)18-2)9-10-19-20(3,16)17/h11-12H,4-10H2,1-3H3/t11-,12-/m1/s1. The van der Waals surface area contributed by atoms with Crippen molar-refractivity contribution in [2.75, 3.05) is 20.0 Å². The Balaban J connectivity index is 2.67. The van der Waals surface area contributed by atoms with E-state index >= 15 is 0 Å². The molecule has 1 rings (SSSR count). The Morgan fingerprint density at radius 3 is 2.35 bits per heavy atom. The summed E-state index contributed by atoms with van der Waals surface area (Å²) in [6, 6.07) is 0.180. The van der Waals surface area contributed by atoms with Crippen LogP contribution in [0.1, 0.15) is 45.4 Å². The van der Waals surface area contributed by atoms with E-state index in [9.17, 15) is 13.2 Å². The van der Waals surface area contributed by atoms with E-state index in [1.165, 1.54) is 7.11 Å². The zero-order chi connectivity index (χ0) is 15.2. The molecule has 0 aromatic rings. The number of rotatable bonds is 6. The minimum Gasteiger partial charge on any atom is -0.453 e. The molecule has 2 atom stereocenters. The highest BCUT2D eigenvalue weighted by Gasteiger charge is 2.34. The number of ether oxygens (including phenoxy) is 1. The molecule has 118 valence electrons. The van der Waals surface area contributed by atoms with Gasteiger partial charge in [-0.1, -0.05) is 13.3 Å². The highest BCUT2D eigenvalue weighted by atomic mass is 32.2. The lowest BCUT2D eigenvalue weighted by Gasteiger charge is -2.41. The van der Waals surface area contributed by atoms with E-state index in [0.29, 0.717) is 6.42 Å². The Morgan fingerprint density at radius 1 is 1.25 bits per heavy atom. The maximum absolute atomic E-state index is 12.0. The summed E-state index contributed by atoms with van der Waals surface area (Å²) in [5.74, 6) is 0. The molecule has 0 radical (unpaired) electrons. The number of methoxy groups -OCH3 is 1. The number of likely N-dealkylation sites (tertiary alicyclic amines) is 1. The number of nitrogens with zero attached hydrogens (tertiary/aromatic N) is 1. The Hall–Kier alpha value is -0.820. The van der Waals surface area contributed by atoms with Crippen molar-refractivity contribution in [1.29, 1.82) is 0 Å². The number of carbonyl (C=O) groups is 1. The Bertz CT molecular complexity index is 407. The summed E-state index contributed by atoms with van der Waals surface area (Å²) in [6.07, 6.45) is 6.06. The van der Waals surface area contributed by atoms with E-state index in [1.807, 2.05) is 0 Å².